The highest BCUT2D eigenvalue weighted by Gasteiger charge is 2.60. The molecule has 1 saturated carbocycles. The second-order valence-electron chi connectivity index (χ2n) is 6.26. The molecule has 2 fully saturated rings. The number of nitrogens with zero attached hydrogens (tertiary/aromatic N) is 2. The van der Waals surface area contributed by atoms with Crippen molar-refractivity contribution >= 4 is 23.2 Å². The Balaban J connectivity index is 1.81. The fourth-order valence-electron chi connectivity index (χ4n) is 4.11. The van der Waals surface area contributed by atoms with Gasteiger partial charge in [-0.2, -0.15) is 0 Å². The van der Waals surface area contributed by atoms with E-state index < -0.39 is 4.92 Å². The molecule has 0 aromatic heterocycles. The van der Waals surface area contributed by atoms with E-state index in [1.807, 2.05) is 12.2 Å². The normalized spacial score (nSPS) is 32.0. The fourth-order valence-corrected chi connectivity index (χ4v) is 4.11. The number of hydrogen-bond donors (Lipinski definition) is 0. The molecule has 4 atom stereocenters. The minimum Gasteiger partial charge on any atom is -0.274 e. The zero-order chi connectivity index (χ0) is 15.6. The number of aryl methyl sites for hydroxylation is 1. The molecule has 6 heteroatoms. The maximum atomic E-state index is 12.7. The molecular formula is C16H14N2O4. The van der Waals surface area contributed by atoms with Gasteiger partial charge in [-0.15, -0.1) is 0 Å². The predicted molar refractivity (Wildman–Crippen MR) is 78.0 cm³/mol. The van der Waals surface area contributed by atoms with Gasteiger partial charge in [0, 0.05) is 6.07 Å². The van der Waals surface area contributed by atoms with Gasteiger partial charge in [0.25, 0.3) is 5.69 Å². The average Bonchev–Trinajstić information content (AvgIpc) is 3.14. The van der Waals surface area contributed by atoms with Crippen LogP contribution in [0.1, 0.15) is 12.0 Å². The van der Waals surface area contributed by atoms with Crippen LogP contribution < -0.4 is 4.90 Å². The maximum Gasteiger partial charge on any atom is 0.293 e. The second-order valence-corrected chi connectivity index (χ2v) is 6.26. The number of carbonyl (C=O) groups is 2. The lowest BCUT2D eigenvalue weighted by molar-refractivity contribution is -0.384. The Hall–Kier alpha value is -2.50. The van der Waals surface area contributed by atoms with Crippen LogP contribution in [0.3, 0.4) is 0 Å². The Kier molecular flexibility index (Phi) is 2.55. The van der Waals surface area contributed by atoms with Crippen LogP contribution in [0.5, 0.6) is 0 Å². The van der Waals surface area contributed by atoms with E-state index >= 15 is 0 Å². The smallest absolute Gasteiger partial charge is 0.274 e. The summed E-state index contributed by atoms with van der Waals surface area (Å²) in [5.74, 6) is -1.08. The van der Waals surface area contributed by atoms with Crippen LogP contribution >= 0.6 is 0 Å². The van der Waals surface area contributed by atoms with Crippen LogP contribution in [-0.2, 0) is 9.59 Å². The van der Waals surface area contributed by atoms with Crippen LogP contribution in [0.2, 0.25) is 0 Å². The van der Waals surface area contributed by atoms with Crippen molar-refractivity contribution in [2.75, 3.05) is 4.90 Å². The van der Waals surface area contributed by atoms with E-state index in [4.69, 9.17) is 0 Å². The molecule has 0 radical (unpaired) electrons. The third kappa shape index (κ3) is 1.55. The van der Waals surface area contributed by atoms with Crippen LogP contribution in [0.15, 0.2) is 30.4 Å². The standard InChI is InChI=1S/C16H14N2O4/c1-8-2-5-11(12(6-8)18(21)22)17-15(19)13-9-3-4-10(7-9)14(13)16(17)20/h2-6,9-10,13-14H,7H2,1H3/t9-,10-,13-,14-/m0/s1. The molecule has 3 aliphatic rings. The molecule has 1 aromatic rings. The lowest BCUT2D eigenvalue weighted by Crippen LogP contribution is -2.33. The van der Waals surface area contributed by atoms with Gasteiger partial charge >= 0.3 is 0 Å². The summed E-state index contributed by atoms with van der Waals surface area (Å²) in [7, 11) is 0. The van der Waals surface area contributed by atoms with Gasteiger partial charge in [0.1, 0.15) is 5.69 Å². The lowest BCUT2D eigenvalue weighted by atomic mass is 9.85. The number of nitro groups is 1. The van der Waals surface area contributed by atoms with E-state index in [-0.39, 0.29) is 46.9 Å². The van der Waals surface area contributed by atoms with E-state index in [1.54, 1.807) is 13.0 Å². The molecule has 2 bridgehead atoms. The summed E-state index contributed by atoms with van der Waals surface area (Å²) in [5, 5.41) is 11.3. The monoisotopic (exact) mass is 298 g/mol. The highest BCUT2D eigenvalue weighted by Crippen LogP contribution is 2.53. The van der Waals surface area contributed by atoms with Gasteiger partial charge in [-0.3, -0.25) is 19.7 Å². The quantitative estimate of drug-likeness (QED) is 0.363. The number of benzene rings is 1. The number of nitro benzene ring substituents is 1. The first-order valence-corrected chi connectivity index (χ1v) is 7.30. The summed E-state index contributed by atoms with van der Waals surface area (Å²) in [6.07, 6.45) is 4.85. The van der Waals surface area contributed by atoms with Crippen molar-refractivity contribution < 1.29 is 14.5 Å². The van der Waals surface area contributed by atoms with Gasteiger partial charge in [0.15, 0.2) is 0 Å². The van der Waals surface area contributed by atoms with Gasteiger partial charge in [0.05, 0.1) is 16.8 Å². The maximum absolute atomic E-state index is 12.7. The third-order valence-electron chi connectivity index (χ3n) is 5.04. The van der Waals surface area contributed by atoms with Gasteiger partial charge in [0.2, 0.25) is 11.8 Å². The zero-order valence-electron chi connectivity index (χ0n) is 11.9. The molecule has 0 spiro atoms. The summed E-state index contributed by atoms with van der Waals surface area (Å²) < 4.78 is 0. The van der Waals surface area contributed by atoms with Crippen molar-refractivity contribution in [3.63, 3.8) is 0 Å². The Labute approximate surface area is 126 Å². The number of amides is 2. The average molecular weight is 298 g/mol. The molecular weight excluding hydrogens is 284 g/mol. The summed E-state index contributed by atoms with van der Waals surface area (Å²) in [6, 6.07) is 4.58. The highest BCUT2D eigenvalue weighted by atomic mass is 16.6. The van der Waals surface area contributed by atoms with E-state index in [0.717, 1.165) is 16.9 Å². The fraction of sp³-hybridized carbons (Fsp3) is 0.375. The van der Waals surface area contributed by atoms with Crippen molar-refractivity contribution in [1.82, 2.24) is 0 Å². The summed E-state index contributed by atoms with van der Waals surface area (Å²) in [5.41, 5.74) is 0.623. The highest BCUT2D eigenvalue weighted by molar-refractivity contribution is 6.23. The SMILES string of the molecule is Cc1ccc(N2C(=O)[C@@H]3[C@@H](C2=O)[C@H]2C=C[C@H]3C2)c([N+](=O)[O-])c1. The van der Waals surface area contributed by atoms with Crippen molar-refractivity contribution in [2.45, 2.75) is 13.3 Å². The second kappa shape index (κ2) is 4.25. The van der Waals surface area contributed by atoms with Crippen LogP contribution in [0.25, 0.3) is 0 Å². The first kappa shape index (κ1) is 13.2. The van der Waals surface area contributed by atoms with Gasteiger partial charge < -0.3 is 0 Å². The Bertz CT molecular complexity index is 725. The summed E-state index contributed by atoms with van der Waals surface area (Å²) in [4.78, 5) is 37.2. The van der Waals surface area contributed by atoms with E-state index in [0.29, 0.717) is 0 Å². The van der Waals surface area contributed by atoms with Gasteiger partial charge in [-0.1, -0.05) is 18.2 Å². The van der Waals surface area contributed by atoms with Crippen molar-refractivity contribution in [2.24, 2.45) is 23.7 Å². The minimum atomic E-state index is -0.538. The number of imide groups is 1. The molecule has 0 N–H and O–H groups in total. The molecule has 6 nitrogen and oxygen atoms in total. The minimum absolute atomic E-state index is 0.0967. The molecule has 22 heavy (non-hydrogen) atoms. The van der Waals surface area contributed by atoms with Gasteiger partial charge in [-0.25, -0.2) is 4.90 Å². The molecule has 1 saturated heterocycles. The zero-order valence-corrected chi connectivity index (χ0v) is 11.9. The largest absolute Gasteiger partial charge is 0.293 e. The van der Waals surface area contributed by atoms with Crippen LogP contribution in [0, 0.1) is 40.7 Å². The van der Waals surface area contributed by atoms with Crippen LogP contribution in [0.4, 0.5) is 11.4 Å². The molecule has 4 rings (SSSR count). The summed E-state index contributed by atoms with van der Waals surface area (Å²) in [6.45, 7) is 1.74. The molecule has 1 aliphatic heterocycles. The molecule has 2 aliphatic carbocycles. The Morgan fingerprint density at radius 1 is 1.14 bits per heavy atom. The number of hydrogen-bond acceptors (Lipinski definition) is 4. The first-order chi connectivity index (χ1) is 10.5. The molecule has 0 unspecified atom stereocenters. The van der Waals surface area contributed by atoms with Crippen molar-refractivity contribution in [3.8, 4) is 0 Å². The number of allylic oxidation sites excluding steroid dienone is 2. The summed E-state index contributed by atoms with van der Waals surface area (Å²) >= 11 is 0. The Morgan fingerprint density at radius 2 is 1.73 bits per heavy atom. The van der Waals surface area contributed by atoms with E-state index in [9.17, 15) is 19.7 Å². The van der Waals surface area contributed by atoms with E-state index in [1.165, 1.54) is 12.1 Å². The number of carbonyl (C=O) groups excluding carboxylic acids is 2. The lowest BCUT2D eigenvalue weighted by Gasteiger charge is -2.17. The molecule has 1 aromatic carbocycles. The van der Waals surface area contributed by atoms with Crippen molar-refractivity contribution in [1.29, 1.82) is 0 Å². The van der Waals surface area contributed by atoms with Crippen molar-refractivity contribution in [3.05, 3.63) is 46.0 Å². The molecule has 2 amide bonds. The van der Waals surface area contributed by atoms with Crippen LogP contribution in [-0.4, -0.2) is 16.7 Å². The van der Waals surface area contributed by atoms with Gasteiger partial charge in [-0.05, 0) is 36.8 Å². The molecule has 112 valence electrons. The number of anilines is 1. The number of fused-ring (bicyclic) bond motifs is 5. The predicted octanol–water partition coefficient (Wildman–Crippen LogP) is 2.21. The topological polar surface area (TPSA) is 80.5 Å². The Morgan fingerprint density at radius 3 is 2.27 bits per heavy atom. The number of rotatable bonds is 2. The van der Waals surface area contributed by atoms with E-state index in [2.05, 4.69) is 0 Å². The third-order valence-corrected chi connectivity index (χ3v) is 5.04. The first-order valence-electron chi connectivity index (χ1n) is 7.30. The molecule has 1 heterocycles.